The van der Waals surface area contributed by atoms with E-state index in [4.69, 9.17) is 4.42 Å². The highest BCUT2D eigenvalue weighted by Gasteiger charge is 2.35. The maximum Gasteiger partial charge on any atom is 0.289 e. The molecule has 1 unspecified atom stereocenters. The molecule has 0 N–H and O–H groups in total. The first-order chi connectivity index (χ1) is 10.4. The molecule has 2 aromatic rings. The number of amides is 1. The van der Waals surface area contributed by atoms with Crippen LogP contribution in [0, 0.1) is 6.92 Å². The van der Waals surface area contributed by atoms with Crippen LogP contribution in [0.2, 0.25) is 0 Å². The van der Waals surface area contributed by atoms with Crippen LogP contribution in [0.1, 0.15) is 29.5 Å². The molecule has 1 saturated heterocycles. The lowest BCUT2D eigenvalue weighted by molar-refractivity contribution is 0.0678. The van der Waals surface area contributed by atoms with Gasteiger partial charge in [-0.05, 0) is 38.0 Å². The number of aryl methyl sites for hydroxylation is 1. The number of sulfone groups is 1. The molecule has 22 heavy (non-hydrogen) atoms. The van der Waals surface area contributed by atoms with Gasteiger partial charge in [0.25, 0.3) is 5.91 Å². The third-order valence-electron chi connectivity index (χ3n) is 4.14. The predicted octanol–water partition coefficient (Wildman–Crippen LogP) is 2.39. The molecule has 1 aliphatic heterocycles. The summed E-state index contributed by atoms with van der Waals surface area (Å²) < 4.78 is 28.9. The van der Waals surface area contributed by atoms with Crippen molar-refractivity contribution in [2.75, 3.05) is 18.1 Å². The Balaban J connectivity index is 1.90. The lowest BCUT2D eigenvalue weighted by atomic mass is 10.2. The number of nitrogens with zero attached hydrogens (tertiary/aromatic N) is 1. The molecule has 1 atom stereocenters. The third kappa shape index (κ3) is 2.75. The second-order valence-corrected chi connectivity index (χ2v) is 8.03. The van der Waals surface area contributed by atoms with E-state index in [1.807, 2.05) is 32.0 Å². The average Bonchev–Trinajstić information content (AvgIpc) is 3.02. The summed E-state index contributed by atoms with van der Waals surface area (Å²) in [6.07, 6.45) is 0.501. The maximum absolute atomic E-state index is 12.7. The predicted molar refractivity (Wildman–Crippen MR) is 84.7 cm³/mol. The van der Waals surface area contributed by atoms with Crippen LogP contribution < -0.4 is 0 Å². The first-order valence-electron chi connectivity index (χ1n) is 7.41. The van der Waals surface area contributed by atoms with Crippen LogP contribution in [-0.2, 0) is 9.84 Å². The Morgan fingerprint density at radius 1 is 1.36 bits per heavy atom. The fourth-order valence-electron chi connectivity index (χ4n) is 2.97. The van der Waals surface area contributed by atoms with Crippen LogP contribution in [0.15, 0.2) is 28.7 Å². The van der Waals surface area contributed by atoms with E-state index in [0.717, 1.165) is 10.9 Å². The normalized spacial score (nSPS) is 20.4. The van der Waals surface area contributed by atoms with E-state index >= 15 is 0 Å². The monoisotopic (exact) mass is 321 g/mol. The molecule has 3 rings (SSSR count). The molecule has 6 heteroatoms. The van der Waals surface area contributed by atoms with Crippen LogP contribution >= 0.6 is 0 Å². The number of fused-ring (bicyclic) bond motifs is 1. The number of furan rings is 1. The third-order valence-corrected chi connectivity index (χ3v) is 5.89. The van der Waals surface area contributed by atoms with Gasteiger partial charge in [-0.15, -0.1) is 0 Å². The highest BCUT2D eigenvalue weighted by Crippen LogP contribution is 2.24. The van der Waals surface area contributed by atoms with E-state index in [0.29, 0.717) is 18.5 Å². The summed E-state index contributed by atoms with van der Waals surface area (Å²) in [4.78, 5) is 14.3. The van der Waals surface area contributed by atoms with Crippen LogP contribution in [0.5, 0.6) is 0 Å². The standard InChI is InChI=1S/C16H19NO4S/c1-3-17(13-6-7-22(19,20)10-13)16(18)15-9-12-5-4-11(2)8-14(12)21-15/h4-5,8-9,13H,3,6-7,10H2,1-2H3. The number of carbonyl (C=O) groups excluding carboxylic acids is 1. The van der Waals surface area contributed by atoms with Crippen molar-refractivity contribution in [1.29, 1.82) is 0 Å². The van der Waals surface area contributed by atoms with Crippen molar-refractivity contribution in [3.63, 3.8) is 0 Å². The quantitative estimate of drug-likeness (QED) is 0.870. The second kappa shape index (κ2) is 5.43. The number of benzene rings is 1. The number of hydrogen-bond acceptors (Lipinski definition) is 4. The van der Waals surface area contributed by atoms with Crippen molar-refractivity contribution < 1.29 is 17.6 Å². The maximum atomic E-state index is 12.7. The lowest BCUT2D eigenvalue weighted by Gasteiger charge is -2.25. The Morgan fingerprint density at radius 2 is 2.14 bits per heavy atom. The Morgan fingerprint density at radius 3 is 2.77 bits per heavy atom. The van der Waals surface area contributed by atoms with Gasteiger partial charge in [0, 0.05) is 18.0 Å². The summed E-state index contributed by atoms with van der Waals surface area (Å²) >= 11 is 0. The Labute approximate surface area is 129 Å². The molecular weight excluding hydrogens is 302 g/mol. The lowest BCUT2D eigenvalue weighted by Crippen LogP contribution is -2.40. The van der Waals surface area contributed by atoms with Gasteiger partial charge in [-0.1, -0.05) is 12.1 Å². The average molecular weight is 321 g/mol. The number of hydrogen-bond donors (Lipinski definition) is 0. The van der Waals surface area contributed by atoms with Crippen LogP contribution in [0.3, 0.4) is 0 Å². The molecule has 118 valence electrons. The Hall–Kier alpha value is -1.82. The molecule has 1 aromatic heterocycles. The molecule has 1 aromatic carbocycles. The van der Waals surface area contributed by atoms with E-state index in [2.05, 4.69) is 0 Å². The van der Waals surface area contributed by atoms with Gasteiger partial charge in [-0.25, -0.2) is 8.42 Å². The van der Waals surface area contributed by atoms with Gasteiger partial charge in [0.05, 0.1) is 11.5 Å². The van der Waals surface area contributed by atoms with Crippen molar-refractivity contribution >= 4 is 26.7 Å². The molecule has 0 saturated carbocycles. The molecule has 0 aliphatic carbocycles. The van der Waals surface area contributed by atoms with E-state index < -0.39 is 9.84 Å². The van der Waals surface area contributed by atoms with E-state index in [-0.39, 0.29) is 29.2 Å². The fourth-order valence-corrected chi connectivity index (χ4v) is 4.70. The van der Waals surface area contributed by atoms with Crippen molar-refractivity contribution in [3.05, 3.63) is 35.6 Å². The molecule has 0 spiro atoms. The summed E-state index contributed by atoms with van der Waals surface area (Å²) in [7, 11) is -3.02. The van der Waals surface area contributed by atoms with Crippen molar-refractivity contribution in [2.45, 2.75) is 26.3 Å². The molecule has 1 aliphatic rings. The van der Waals surface area contributed by atoms with Crippen molar-refractivity contribution in [2.24, 2.45) is 0 Å². The zero-order valence-electron chi connectivity index (χ0n) is 12.7. The van der Waals surface area contributed by atoms with Gasteiger partial charge < -0.3 is 9.32 Å². The SMILES string of the molecule is CCN(C(=O)c1cc2ccc(C)cc2o1)C1CCS(=O)(=O)C1. The Kier molecular flexibility index (Phi) is 3.72. The van der Waals surface area contributed by atoms with Gasteiger partial charge in [-0.3, -0.25) is 4.79 Å². The highest BCUT2D eigenvalue weighted by atomic mass is 32.2. The second-order valence-electron chi connectivity index (χ2n) is 5.80. The number of rotatable bonds is 3. The van der Waals surface area contributed by atoms with Crippen molar-refractivity contribution in [1.82, 2.24) is 4.90 Å². The van der Waals surface area contributed by atoms with Crippen LogP contribution in [0.4, 0.5) is 0 Å². The summed E-state index contributed by atoms with van der Waals surface area (Å²) in [6.45, 7) is 4.29. The van der Waals surface area contributed by atoms with E-state index in [1.165, 1.54) is 0 Å². The number of carbonyl (C=O) groups is 1. The molecule has 0 bridgehead atoms. The first kappa shape index (κ1) is 15.1. The zero-order chi connectivity index (χ0) is 15.9. The van der Waals surface area contributed by atoms with E-state index in [9.17, 15) is 13.2 Å². The van der Waals surface area contributed by atoms with Gasteiger partial charge in [0.15, 0.2) is 15.6 Å². The van der Waals surface area contributed by atoms with Gasteiger partial charge in [0.2, 0.25) is 0 Å². The fraction of sp³-hybridized carbons (Fsp3) is 0.438. The summed E-state index contributed by atoms with van der Waals surface area (Å²) in [5.41, 5.74) is 1.74. The molecular formula is C16H19NO4S. The van der Waals surface area contributed by atoms with Gasteiger partial charge in [-0.2, -0.15) is 0 Å². The summed E-state index contributed by atoms with van der Waals surface area (Å²) in [5, 5.41) is 0.879. The molecule has 5 nitrogen and oxygen atoms in total. The summed E-state index contributed by atoms with van der Waals surface area (Å²) in [5.74, 6) is 0.234. The molecule has 0 radical (unpaired) electrons. The molecule has 1 amide bonds. The zero-order valence-corrected chi connectivity index (χ0v) is 13.5. The van der Waals surface area contributed by atoms with Gasteiger partial charge >= 0.3 is 0 Å². The molecule has 2 heterocycles. The minimum Gasteiger partial charge on any atom is -0.451 e. The highest BCUT2D eigenvalue weighted by molar-refractivity contribution is 7.91. The van der Waals surface area contributed by atoms with Crippen molar-refractivity contribution in [3.8, 4) is 0 Å². The Bertz CT molecular complexity index is 822. The molecule has 1 fully saturated rings. The topological polar surface area (TPSA) is 67.6 Å². The van der Waals surface area contributed by atoms with Gasteiger partial charge in [0.1, 0.15) is 5.58 Å². The summed E-state index contributed by atoms with van der Waals surface area (Å²) in [6, 6.07) is 7.25. The smallest absolute Gasteiger partial charge is 0.289 e. The van der Waals surface area contributed by atoms with E-state index in [1.54, 1.807) is 11.0 Å². The van der Waals surface area contributed by atoms with Crippen LogP contribution in [-0.4, -0.2) is 43.3 Å². The first-order valence-corrected chi connectivity index (χ1v) is 9.23. The minimum absolute atomic E-state index is 0.0475. The largest absolute Gasteiger partial charge is 0.451 e. The minimum atomic E-state index is -3.02. The van der Waals surface area contributed by atoms with Crippen LogP contribution in [0.25, 0.3) is 11.0 Å².